The third kappa shape index (κ3) is 3.74. The molecule has 1 heterocycles. The van der Waals surface area contributed by atoms with Gasteiger partial charge in [-0.2, -0.15) is 0 Å². The SMILES string of the molecule is CCN(Cc1cccs1)C(=O)Nc1ccc(OC)cc1. The predicted molar refractivity (Wildman–Crippen MR) is 82.4 cm³/mol. The first-order chi connectivity index (χ1) is 9.72. The van der Waals surface area contributed by atoms with Gasteiger partial charge in [-0.25, -0.2) is 4.79 Å². The molecule has 106 valence electrons. The van der Waals surface area contributed by atoms with E-state index in [-0.39, 0.29) is 6.03 Å². The smallest absolute Gasteiger partial charge is 0.322 e. The molecule has 0 aliphatic carbocycles. The Labute approximate surface area is 123 Å². The number of amides is 2. The van der Waals surface area contributed by atoms with Crippen molar-refractivity contribution in [2.75, 3.05) is 19.0 Å². The molecular weight excluding hydrogens is 272 g/mol. The molecule has 1 aromatic carbocycles. The number of anilines is 1. The molecule has 0 unspecified atom stereocenters. The zero-order chi connectivity index (χ0) is 14.4. The highest BCUT2D eigenvalue weighted by Gasteiger charge is 2.12. The van der Waals surface area contributed by atoms with Crippen LogP contribution in [0.15, 0.2) is 41.8 Å². The Morgan fingerprint density at radius 3 is 2.60 bits per heavy atom. The second-order valence-electron chi connectivity index (χ2n) is 4.25. The number of hydrogen-bond acceptors (Lipinski definition) is 3. The molecule has 2 aromatic rings. The van der Waals surface area contributed by atoms with E-state index in [1.807, 2.05) is 48.7 Å². The summed E-state index contributed by atoms with van der Waals surface area (Å²) in [5, 5.41) is 4.91. The van der Waals surface area contributed by atoms with Crippen molar-refractivity contribution in [3.63, 3.8) is 0 Å². The van der Waals surface area contributed by atoms with Crippen molar-refractivity contribution in [1.82, 2.24) is 4.90 Å². The van der Waals surface area contributed by atoms with Crippen LogP contribution in [0.3, 0.4) is 0 Å². The third-order valence-corrected chi connectivity index (χ3v) is 3.80. The largest absolute Gasteiger partial charge is 0.497 e. The normalized spacial score (nSPS) is 10.1. The second kappa shape index (κ2) is 6.96. The van der Waals surface area contributed by atoms with Gasteiger partial charge in [-0.05, 0) is 42.6 Å². The molecule has 20 heavy (non-hydrogen) atoms. The van der Waals surface area contributed by atoms with E-state index in [1.165, 1.54) is 4.88 Å². The van der Waals surface area contributed by atoms with Gasteiger partial charge < -0.3 is 15.0 Å². The molecule has 1 aromatic heterocycles. The van der Waals surface area contributed by atoms with Crippen LogP contribution in [0.2, 0.25) is 0 Å². The summed E-state index contributed by atoms with van der Waals surface area (Å²) in [5.74, 6) is 0.772. The molecule has 0 atom stereocenters. The molecule has 0 spiro atoms. The van der Waals surface area contributed by atoms with Crippen LogP contribution in [0.4, 0.5) is 10.5 Å². The standard InChI is InChI=1S/C15H18N2O2S/c1-3-17(11-14-5-4-10-20-14)15(18)16-12-6-8-13(19-2)9-7-12/h4-10H,3,11H2,1-2H3,(H,16,18). The van der Waals surface area contributed by atoms with Crippen LogP contribution in [0, 0.1) is 0 Å². The van der Waals surface area contributed by atoms with Crippen LogP contribution in [0.5, 0.6) is 5.75 Å². The van der Waals surface area contributed by atoms with Crippen molar-refractivity contribution < 1.29 is 9.53 Å². The molecule has 0 fully saturated rings. The van der Waals surface area contributed by atoms with Gasteiger partial charge in [0.2, 0.25) is 0 Å². The van der Waals surface area contributed by atoms with Gasteiger partial charge >= 0.3 is 6.03 Å². The summed E-state index contributed by atoms with van der Waals surface area (Å²) >= 11 is 1.66. The number of carbonyl (C=O) groups excluding carboxylic acids is 1. The number of thiophene rings is 1. The molecule has 0 saturated heterocycles. The van der Waals surface area contributed by atoms with E-state index >= 15 is 0 Å². The minimum Gasteiger partial charge on any atom is -0.497 e. The van der Waals surface area contributed by atoms with Gasteiger partial charge in [0.25, 0.3) is 0 Å². The number of ether oxygens (including phenoxy) is 1. The first-order valence-corrected chi connectivity index (χ1v) is 7.33. The Morgan fingerprint density at radius 1 is 1.30 bits per heavy atom. The fraction of sp³-hybridized carbons (Fsp3) is 0.267. The molecule has 1 N–H and O–H groups in total. The summed E-state index contributed by atoms with van der Waals surface area (Å²) < 4.78 is 5.09. The van der Waals surface area contributed by atoms with Crippen LogP contribution in [0.1, 0.15) is 11.8 Å². The molecule has 0 aliphatic heterocycles. The maximum absolute atomic E-state index is 12.2. The van der Waals surface area contributed by atoms with Gasteiger partial charge in [0.15, 0.2) is 0 Å². The highest BCUT2D eigenvalue weighted by molar-refractivity contribution is 7.09. The first kappa shape index (κ1) is 14.4. The van der Waals surface area contributed by atoms with E-state index in [0.717, 1.165) is 11.4 Å². The summed E-state index contributed by atoms with van der Waals surface area (Å²) in [6.07, 6.45) is 0. The average molecular weight is 290 g/mol. The second-order valence-corrected chi connectivity index (χ2v) is 5.28. The van der Waals surface area contributed by atoms with Gasteiger partial charge in [0.05, 0.1) is 13.7 Å². The summed E-state index contributed by atoms with van der Waals surface area (Å²) in [5.41, 5.74) is 0.764. The van der Waals surface area contributed by atoms with Crippen molar-refractivity contribution in [1.29, 1.82) is 0 Å². The fourth-order valence-corrected chi connectivity index (χ4v) is 2.51. The maximum Gasteiger partial charge on any atom is 0.322 e. The number of nitrogens with zero attached hydrogens (tertiary/aromatic N) is 1. The molecule has 4 nitrogen and oxygen atoms in total. The summed E-state index contributed by atoms with van der Waals surface area (Å²) in [6.45, 7) is 3.28. The molecule has 0 aliphatic rings. The molecule has 0 bridgehead atoms. The predicted octanol–water partition coefficient (Wildman–Crippen LogP) is 3.81. The number of rotatable bonds is 5. The van der Waals surface area contributed by atoms with Crippen LogP contribution in [-0.2, 0) is 6.54 Å². The highest BCUT2D eigenvalue weighted by Crippen LogP contribution is 2.17. The summed E-state index contributed by atoms with van der Waals surface area (Å²) in [7, 11) is 1.62. The van der Waals surface area contributed by atoms with Crippen molar-refractivity contribution in [2.45, 2.75) is 13.5 Å². The minimum absolute atomic E-state index is 0.0916. The Morgan fingerprint density at radius 2 is 2.05 bits per heavy atom. The molecule has 0 saturated carbocycles. The van der Waals surface area contributed by atoms with Crippen LogP contribution in [-0.4, -0.2) is 24.6 Å². The lowest BCUT2D eigenvalue weighted by atomic mass is 10.3. The lowest BCUT2D eigenvalue weighted by Gasteiger charge is -2.20. The number of methoxy groups -OCH3 is 1. The fourth-order valence-electron chi connectivity index (χ4n) is 1.79. The van der Waals surface area contributed by atoms with Gasteiger partial charge in [0, 0.05) is 17.1 Å². The van der Waals surface area contributed by atoms with Crippen LogP contribution >= 0.6 is 11.3 Å². The Hall–Kier alpha value is -2.01. The van der Waals surface area contributed by atoms with Crippen molar-refractivity contribution in [3.05, 3.63) is 46.7 Å². The highest BCUT2D eigenvalue weighted by atomic mass is 32.1. The number of hydrogen-bond donors (Lipinski definition) is 1. The Kier molecular flexibility index (Phi) is 5.01. The van der Waals surface area contributed by atoms with Gasteiger partial charge in [-0.1, -0.05) is 6.07 Å². The van der Waals surface area contributed by atoms with Crippen molar-refractivity contribution in [2.24, 2.45) is 0 Å². The maximum atomic E-state index is 12.2. The first-order valence-electron chi connectivity index (χ1n) is 6.45. The van der Waals surface area contributed by atoms with Gasteiger partial charge in [-0.15, -0.1) is 11.3 Å². The molecule has 0 radical (unpaired) electrons. The Balaban J connectivity index is 1.97. The summed E-state index contributed by atoms with van der Waals surface area (Å²) in [4.78, 5) is 15.2. The van der Waals surface area contributed by atoms with Crippen molar-refractivity contribution >= 4 is 23.1 Å². The zero-order valence-electron chi connectivity index (χ0n) is 11.6. The zero-order valence-corrected chi connectivity index (χ0v) is 12.4. The minimum atomic E-state index is -0.0916. The lowest BCUT2D eigenvalue weighted by molar-refractivity contribution is 0.212. The van der Waals surface area contributed by atoms with E-state index in [2.05, 4.69) is 5.32 Å². The van der Waals surface area contributed by atoms with Crippen molar-refractivity contribution in [3.8, 4) is 5.75 Å². The number of urea groups is 1. The van der Waals surface area contributed by atoms with E-state index in [1.54, 1.807) is 23.3 Å². The molecule has 2 amide bonds. The van der Waals surface area contributed by atoms with E-state index in [0.29, 0.717) is 13.1 Å². The topological polar surface area (TPSA) is 41.6 Å². The third-order valence-electron chi connectivity index (χ3n) is 2.94. The van der Waals surface area contributed by atoms with Gasteiger partial charge in [0.1, 0.15) is 5.75 Å². The lowest BCUT2D eigenvalue weighted by Crippen LogP contribution is -2.34. The monoisotopic (exact) mass is 290 g/mol. The van der Waals surface area contributed by atoms with Gasteiger partial charge in [-0.3, -0.25) is 0 Å². The quantitative estimate of drug-likeness (QED) is 0.909. The number of benzene rings is 1. The number of nitrogens with one attached hydrogen (secondary N) is 1. The Bertz CT molecular complexity index is 538. The number of carbonyl (C=O) groups is 1. The average Bonchev–Trinajstić information content (AvgIpc) is 2.98. The molecule has 2 rings (SSSR count). The van der Waals surface area contributed by atoms with Crippen LogP contribution in [0.25, 0.3) is 0 Å². The molecule has 5 heteroatoms. The molecular formula is C15H18N2O2S. The van der Waals surface area contributed by atoms with E-state index in [4.69, 9.17) is 4.74 Å². The van der Waals surface area contributed by atoms with Crippen LogP contribution < -0.4 is 10.1 Å². The van der Waals surface area contributed by atoms with E-state index < -0.39 is 0 Å². The van der Waals surface area contributed by atoms with E-state index in [9.17, 15) is 4.79 Å². The summed E-state index contributed by atoms with van der Waals surface area (Å²) in [6, 6.07) is 11.2.